The van der Waals surface area contributed by atoms with E-state index in [9.17, 15) is 9.59 Å². The minimum atomic E-state index is -0.202. The summed E-state index contributed by atoms with van der Waals surface area (Å²) in [5.41, 5.74) is 0. The van der Waals surface area contributed by atoms with Gasteiger partial charge in [-0.1, -0.05) is 26.2 Å². The molecule has 3 N–H and O–H groups in total. The Morgan fingerprint density at radius 2 is 1.75 bits per heavy atom. The quantitative estimate of drug-likeness (QED) is 0.678. The van der Waals surface area contributed by atoms with Crippen LogP contribution < -0.4 is 16.0 Å². The van der Waals surface area contributed by atoms with Crippen molar-refractivity contribution in [2.24, 2.45) is 0 Å². The summed E-state index contributed by atoms with van der Waals surface area (Å²) in [6.07, 6.45) is 8.69. The van der Waals surface area contributed by atoms with E-state index in [1.807, 2.05) is 4.90 Å². The molecule has 24 heavy (non-hydrogen) atoms. The first-order valence-corrected chi connectivity index (χ1v) is 9.25. The number of piperidine rings is 1. The van der Waals surface area contributed by atoms with E-state index in [1.54, 1.807) is 0 Å². The summed E-state index contributed by atoms with van der Waals surface area (Å²) >= 11 is 0. The van der Waals surface area contributed by atoms with Crippen molar-refractivity contribution in [3.05, 3.63) is 0 Å². The van der Waals surface area contributed by atoms with Gasteiger partial charge in [0.05, 0.1) is 6.54 Å². The number of rotatable bonds is 6. The van der Waals surface area contributed by atoms with Crippen LogP contribution in [0.1, 0.15) is 58.3 Å². The first-order chi connectivity index (χ1) is 11.2. The lowest BCUT2D eigenvalue weighted by Crippen LogP contribution is -2.51. The van der Waals surface area contributed by atoms with Gasteiger partial charge < -0.3 is 20.9 Å². The van der Waals surface area contributed by atoms with Crippen LogP contribution >= 0.6 is 12.4 Å². The molecule has 3 amide bonds. The SMILES string of the molecule is CCCN(C(=O)CNC(=O)NC1CCCCC1)C1CCNCC1.Cl. The van der Waals surface area contributed by atoms with Gasteiger partial charge in [-0.15, -0.1) is 12.4 Å². The number of amides is 3. The van der Waals surface area contributed by atoms with E-state index in [-0.39, 0.29) is 36.9 Å². The molecule has 2 aliphatic rings. The molecule has 0 aromatic carbocycles. The van der Waals surface area contributed by atoms with Gasteiger partial charge in [0.1, 0.15) is 0 Å². The highest BCUT2D eigenvalue weighted by Gasteiger charge is 2.25. The molecular weight excluding hydrogens is 328 g/mol. The molecule has 1 heterocycles. The van der Waals surface area contributed by atoms with Gasteiger partial charge in [0, 0.05) is 18.6 Å². The van der Waals surface area contributed by atoms with E-state index in [0.717, 1.165) is 51.7 Å². The summed E-state index contributed by atoms with van der Waals surface area (Å²) in [7, 11) is 0. The number of carbonyl (C=O) groups excluding carboxylic acids is 2. The maximum absolute atomic E-state index is 12.5. The normalized spacial score (nSPS) is 19.2. The lowest BCUT2D eigenvalue weighted by atomic mass is 9.96. The first-order valence-electron chi connectivity index (χ1n) is 9.25. The highest BCUT2D eigenvalue weighted by molar-refractivity contribution is 5.85. The Bertz CT molecular complexity index is 383. The molecule has 1 aliphatic heterocycles. The third-order valence-corrected chi connectivity index (χ3v) is 4.87. The lowest BCUT2D eigenvalue weighted by Gasteiger charge is -2.34. The summed E-state index contributed by atoms with van der Waals surface area (Å²) in [5.74, 6) is 0.0394. The van der Waals surface area contributed by atoms with Crippen molar-refractivity contribution >= 4 is 24.3 Å². The molecular formula is C17H33ClN4O2. The van der Waals surface area contributed by atoms with E-state index >= 15 is 0 Å². The van der Waals surface area contributed by atoms with Gasteiger partial charge in [-0.2, -0.15) is 0 Å². The van der Waals surface area contributed by atoms with Gasteiger partial charge >= 0.3 is 6.03 Å². The van der Waals surface area contributed by atoms with Crippen molar-refractivity contribution in [3.63, 3.8) is 0 Å². The van der Waals surface area contributed by atoms with Gasteiger partial charge in [-0.3, -0.25) is 4.79 Å². The van der Waals surface area contributed by atoms with Crippen LogP contribution in [-0.2, 0) is 4.79 Å². The summed E-state index contributed by atoms with van der Waals surface area (Å²) in [6, 6.07) is 0.383. The van der Waals surface area contributed by atoms with E-state index < -0.39 is 0 Å². The number of urea groups is 1. The van der Waals surface area contributed by atoms with Crippen LogP contribution in [-0.4, -0.2) is 55.1 Å². The molecule has 1 aliphatic carbocycles. The predicted molar refractivity (Wildman–Crippen MR) is 98.6 cm³/mol. The molecule has 7 heteroatoms. The summed E-state index contributed by atoms with van der Waals surface area (Å²) in [5, 5.41) is 9.07. The van der Waals surface area contributed by atoms with Crippen LogP contribution in [0.25, 0.3) is 0 Å². The average Bonchev–Trinajstić information content (AvgIpc) is 2.59. The first kappa shape index (κ1) is 21.0. The van der Waals surface area contributed by atoms with Crippen LogP contribution in [0.4, 0.5) is 4.79 Å². The minimum Gasteiger partial charge on any atom is -0.338 e. The molecule has 0 aromatic rings. The Hall–Kier alpha value is -1.01. The van der Waals surface area contributed by atoms with E-state index in [1.165, 1.54) is 19.3 Å². The van der Waals surface area contributed by atoms with E-state index in [4.69, 9.17) is 0 Å². The van der Waals surface area contributed by atoms with Gasteiger partial charge in [0.2, 0.25) is 5.91 Å². The minimum absolute atomic E-state index is 0. The standard InChI is InChI=1S/C17H32N4O2.ClH/c1-2-12-21(15-8-10-18-11-9-15)16(22)13-19-17(23)20-14-6-4-3-5-7-14;/h14-15,18H,2-13H2,1H3,(H2,19,20,23);1H. The predicted octanol–water partition coefficient (Wildman–Crippen LogP) is 2.03. The largest absolute Gasteiger partial charge is 0.338 e. The van der Waals surface area contributed by atoms with E-state index in [2.05, 4.69) is 22.9 Å². The highest BCUT2D eigenvalue weighted by atomic mass is 35.5. The molecule has 1 saturated heterocycles. The number of nitrogens with zero attached hydrogens (tertiary/aromatic N) is 1. The Morgan fingerprint density at radius 3 is 2.38 bits per heavy atom. The Kier molecular flexibility index (Phi) is 10.1. The molecule has 140 valence electrons. The number of carbonyl (C=O) groups is 2. The molecule has 0 aromatic heterocycles. The second kappa shape index (κ2) is 11.5. The Balaban J connectivity index is 0.00000288. The fraction of sp³-hybridized carbons (Fsp3) is 0.882. The van der Waals surface area contributed by atoms with Gasteiger partial charge in [0.25, 0.3) is 0 Å². The Labute approximate surface area is 151 Å². The van der Waals surface area contributed by atoms with Gasteiger partial charge in [-0.05, 0) is 45.2 Å². The van der Waals surface area contributed by atoms with Crippen molar-refractivity contribution in [1.29, 1.82) is 0 Å². The third kappa shape index (κ3) is 6.85. The smallest absolute Gasteiger partial charge is 0.315 e. The molecule has 2 rings (SSSR count). The summed E-state index contributed by atoms with van der Waals surface area (Å²) in [4.78, 5) is 26.4. The average molecular weight is 361 g/mol. The second-order valence-corrected chi connectivity index (χ2v) is 6.73. The maximum Gasteiger partial charge on any atom is 0.315 e. The number of hydrogen-bond donors (Lipinski definition) is 3. The van der Waals surface area contributed by atoms with Crippen LogP contribution in [0.3, 0.4) is 0 Å². The topological polar surface area (TPSA) is 73.5 Å². The van der Waals surface area contributed by atoms with Crippen molar-refractivity contribution in [3.8, 4) is 0 Å². The Morgan fingerprint density at radius 1 is 1.08 bits per heavy atom. The zero-order chi connectivity index (χ0) is 16.5. The third-order valence-electron chi connectivity index (χ3n) is 4.87. The molecule has 6 nitrogen and oxygen atoms in total. The molecule has 0 atom stereocenters. The number of halogens is 1. The molecule has 0 bridgehead atoms. The van der Waals surface area contributed by atoms with Crippen LogP contribution in [0.5, 0.6) is 0 Å². The number of hydrogen-bond acceptors (Lipinski definition) is 3. The zero-order valence-electron chi connectivity index (χ0n) is 14.8. The fourth-order valence-electron chi connectivity index (χ4n) is 3.61. The van der Waals surface area contributed by atoms with Crippen LogP contribution in [0, 0.1) is 0 Å². The van der Waals surface area contributed by atoms with Crippen LogP contribution in [0.2, 0.25) is 0 Å². The van der Waals surface area contributed by atoms with E-state index in [0.29, 0.717) is 6.04 Å². The summed E-state index contributed by atoms with van der Waals surface area (Å²) in [6.45, 7) is 4.89. The zero-order valence-corrected chi connectivity index (χ0v) is 15.6. The highest BCUT2D eigenvalue weighted by Crippen LogP contribution is 2.17. The van der Waals surface area contributed by atoms with Crippen molar-refractivity contribution < 1.29 is 9.59 Å². The monoisotopic (exact) mass is 360 g/mol. The molecule has 0 spiro atoms. The second-order valence-electron chi connectivity index (χ2n) is 6.73. The maximum atomic E-state index is 12.5. The lowest BCUT2D eigenvalue weighted by molar-refractivity contribution is -0.133. The van der Waals surface area contributed by atoms with Gasteiger partial charge in [-0.25, -0.2) is 4.79 Å². The number of nitrogens with one attached hydrogen (secondary N) is 3. The summed E-state index contributed by atoms with van der Waals surface area (Å²) < 4.78 is 0. The fourth-order valence-corrected chi connectivity index (χ4v) is 3.61. The van der Waals surface area contributed by atoms with Crippen molar-refractivity contribution in [2.75, 3.05) is 26.2 Å². The van der Waals surface area contributed by atoms with Crippen molar-refractivity contribution in [2.45, 2.75) is 70.4 Å². The molecule has 0 unspecified atom stereocenters. The van der Waals surface area contributed by atoms with Crippen molar-refractivity contribution in [1.82, 2.24) is 20.9 Å². The van der Waals surface area contributed by atoms with Crippen LogP contribution in [0.15, 0.2) is 0 Å². The molecule has 1 saturated carbocycles. The molecule has 2 fully saturated rings. The van der Waals surface area contributed by atoms with Gasteiger partial charge in [0.15, 0.2) is 0 Å². The molecule has 0 radical (unpaired) electrons.